The van der Waals surface area contributed by atoms with Gasteiger partial charge in [0.25, 0.3) is 0 Å². The van der Waals surface area contributed by atoms with Crippen LogP contribution in [-0.4, -0.2) is 18.6 Å². The molecule has 0 heterocycles. The van der Waals surface area contributed by atoms with E-state index >= 15 is 0 Å². The predicted molar refractivity (Wildman–Crippen MR) is 40.9 cm³/mol. The second kappa shape index (κ2) is 6.12. The maximum atomic E-state index is 5.76. The molecule has 0 aromatic heterocycles. The highest BCUT2D eigenvalue weighted by atomic mass is 35.5. The van der Waals surface area contributed by atoms with Gasteiger partial charge in [0.15, 0.2) is 0 Å². The molecule has 0 fully saturated rings. The van der Waals surface area contributed by atoms with Crippen molar-refractivity contribution >= 4 is 11.6 Å². The predicted octanol–water partition coefficient (Wildman–Crippen LogP) is 2.21. The summed E-state index contributed by atoms with van der Waals surface area (Å²) in [7, 11) is 0. The van der Waals surface area contributed by atoms with Crippen LogP contribution in [0.3, 0.4) is 0 Å². The fraction of sp³-hybridized carbons (Fsp3) is 0.714. The van der Waals surface area contributed by atoms with E-state index in [0.29, 0.717) is 6.61 Å². The van der Waals surface area contributed by atoms with E-state index in [2.05, 4.69) is 6.58 Å². The Labute approximate surface area is 61.7 Å². The Hall–Kier alpha value is -0.0100. The third-order valence-corrected chi connectivity index (χ3v) is 1.23. The monoisotopic (exact) mass is 148 g/mol. The molecule has 0 amide bonds. The number of alkyl halides is 1. The largest absolute Gasteiger partial charge is 0.380 e. The molecule has 0 radical (unpaired) electrons. The van der Waals surface area contributed by atoms with Crippen LogP contribution in [0.5, 0.6) is 0 Å². The van der Waals surface area contributed by atoms with Crippen molar-refractivity contribution in [3.05, 3.63) is 12.7 Å². The minimum Gasteiger partial charge on any atom is -0.380 e. The van der Waals surface area contributed by atoms with E-state index < -0.39 is 0 Å². The summed E-state index contributed by atoms with van der Waals surface area (Å²) in [5.74, 6) is 0. The van der Waals surface area contributed by atoms with Crippen LogP contribution in [0.15, 0.2) is 12.7 Å². The van der Waals surface area contributed by atoms with E-state index in [0.717, 1.165) is 13.0 Å². The van der Waals surface area contributed by atoms with Crippen molar-refractivity contribution in [2.75, 3.05) is 13.2 Å². The summed E-state index contributed by atoms with van der Waals surface area (Å²) in [5.41, 5.74) is 0. The van der Waals surface area contributed by atoms with Crippen molar-refractivity contribution in [1.82, 2.24) is 0 Å². The maximum Gasteiger partial charge on any atom is 0.0633 e. The third kappa shape index (κ3) is 5.87. The van der Waals surface area contributed by atoms with Crippen LogP contribution in [0.2, 0.25) is 0 Å². The lowest BCUT2D eigenvalue weighted by molar-refractivity contribution is 0.148. The molecule has 0 saturated heterocycles. The highest BCUT2D eigenvalue weighted by molar-refractivity contribution is 6.20. The summed E-state index contributed by atoms with van der Waals surface area (Å²) >= 11 is 5.76. The molecule has 2 heteroatoms. The molecule has 0 aliphatic carbocycles. The Morgan fingerprint density at radius 2 is 2.44 bits per heavy atom. The van der Waals surface area contributed by atoms with Gasteiger partial charge < -0.3 is 4.74 Å². The van der Waals surface area contributed by atoms with Crippen molar-refractivity contribution in [3.8, 4) is 0 Å². The van der Waals surface area contributed by atoms with Crippen LogP contribution in [0.25, 0.3) is 0 Å². The quantitative estimate of drug-likeness (QED) is 0.429. The van der Waals surface area contributed by atoms with Gasteiger partial charge in [0.05, 0.1) is 12.0 Å². The highest BCUT2D eigenvalue weighted by Gasteiger charge is 1.99. The number of halogens is 1. The minimum absolute atomic E-state index is 0.0995. The van der Waals surface area contributed by atoms with Gasteiger partial charge >= 0.3 is 0 Å². The summed E-state index contributed by atoms with van der Waals surface area (Å²) in [6.45, 7) is 6.89. The van der Waals surface area contributed by atoms with Crippen LogP contribution in [0.1, 0.15) is 13.3 Å². The van der Waals surface area contributed by atoms with Gasteiger partial charge in [-0.05, 0) is 13.3 Å². The first kappa shape index (κ1) is 8.99. The van der Waals surface area contributed by atoms with E-state index in [1.165, 1.54) is 0 Å². The zero-order valence-corrected chi connectivity index (χ0v) is 6.53. The summed E-state index contributed by atoms with van der Waals surface area (Å²) < 4.78 is 5.07. The minimum atomic E-state index is 0.0995. The van der Waals surface area contributed by atoms with E-state index in [4.69, 9.17) is 16.3 Å². The molecule has 0 aromatic rings. The molecule has 0 N–H and O–H groups in total. The Morgan fingerprint density at radius 3 is 2.89 bits per heavy atom. The molecule has 1 atom stereocenters. The van der Waals surface area contributed by atoms with Crippen LogP contribution in [-0.2, 0) is 4.74 Å². The van der Waals surface area contributed by atoms with E-state index in [9.17, 15) is 0 Å². The first-order valence-corrected chi connectivity index (χ1v) is 3.57. The number of ether oxygens (including phenoxy) is 1. The lowest BCUT2D eigenvalue weighted by Gasteiger charge is -2.04. The second-order valence-corrected chi connectivity index (χ2v) is 2.40. The van der Waals surface area contributed by atoms with Gasteiger partial charge in [-0.3, -0.25) is 0 Å². The van der Waals surface area contributed by atoms with E-state index in [-0.39, 0.29) is 5.38 Å². The Balaban J connectivity index is 3.04. The summed E-state index contributed by atoms with van der Waals surface area (Å²) in [6.07, 6.45) is 2.62. The lowest BCUT2D eigenvalue weighted by atomic mass is 10.3. The number of hydrogen-bond donors (Lipinski definition) is 0. The average molecular weight is 149 g/mol. The van der Waals surface area contributed by atoms with Crippen LogP contribution >= 0.6 is 11.6 Å². The molecular weight excluding hydrogens is 136 g/mol. The molecular formula is C7H13ClO. The third-order valence-electron chi connectivity index (χ3n) is 0.925. The van der Waals surface area contributed by atoms with E-state index in [1.54, 1.807) is 6.08 Å². The smallest absolute Gasteiger partial charge is 0.0633 e. The Bertz CT molecular complexity index is 73.3. The van der Waals surface area contributed by atoms with E-state index in [1.807, 2.05) is 6.92 Å². The van der Waals surface area contributed by atoms with Crippen molar-refractivity contribution < 1.29 is 4.74 Å². The normalized spacial score (nSPS) is 13.1. The standard InChI is InChI=1S/C7H13ClO/c1-3-5-7(8)6-9-4-2/h3,7H,1,4-6H2,2H3. The summed E-state index contributed by atoms with van der Waals surface area (Å²) in [4.78, 5) is 0. The topological polar surface area (TPSA) is 9.23 Å². The second-order valence-electron chi connectivity index (χ2n) is 1.78. The van der Waals surface area contributed by atoms with Gasteiger partial charge in [-0.25, -0.2) is 0 Å². The number of allylic oxidation sites excluding steroid dienone is 1. The first-order valence-electron chi connectivity index (χ1n) is 3.14. The van der Waals surface area contributed by atoms with Crippen LogP contribution in [0.4, 0.5) is 0 Å². The summed E-state index contributed by atoms with van der Waals surface area (Å²) in [5, 5.41) is 0.0995. The van der Waals surface area contributed by atoms with Gasteiger partial charge in [0, 0.05) is 6.61 Å². The SMILES string of the molecule is C=CCC(Cl)COCC. The van der Waals surface area contributed by atoms with Crippen molar-refractivity contribution in [3.63, 3.8) is 0 Å². The molecule has 0 saturated carbocycles. The first-order chi connectivity index (χ1) is 4.31. The van der Waals surface area contributed by atoms with Crippen LogP contribution < -0.4 is 0 Å². The molecule has 1 unspecified atom stereocenters. The molecule has 0 spiro atoms. The highest BCUT2D eigenvalue weighted by Crippen LogP contribution is 2.01. The molecule has 0 bridgehead atoms. The van der Waals surface area contributed by atoms with Crippen molar-refractivity contribution in [2.24, 2.45) is 0 Å². The summed E-state index contributed by atoms with van der Waals surface area (Å²) in [6, 6.07) is 0. The molecule has 0 aliphatic heterocycles. The Kier molecular flexibility index (Phi) is 6.11. The molecule has 9 heavy (non-hydrogen) atoms. The zero-order chi connectivity index (χ0) is 7.11. The van der Waals surface area contributed by atoms with Crippen molar-refractivity contribution in [1.29, 1.82) is 0 Å². The molecule has 0 rings (SSSR count). The van der Waals surface area contributed by atoms with Gasteiger partial charge in [-0.1, -0.05) is 6.08 Å². The average Bonchev–Trinajstić information content (AvgIpc) is 1.85. The fourth-order valence-corrected chi connectivity index (χ4v) is 0.710. The maximum absolute atomic E-state index is 5.76. The van der Waals surface area contributed by atoms with Crippen molar-refractivity contribution in [2.45, 2.75) is 18.7 Å². The van der Waals surface area contributed by atoms with Gasteiger partial charge in [0.2, 0.25) is 0 Å². The van der Waals surface area contributed by atoms with Crippen LogP contribution in [0, 0.1) is 0 Å². The zero-order valence-electron chi connectivity index (χ0n) is 5.77. The van der Waals surface area contributed by atoms with Gasteiger partial charge in [-0.2, -0.15) is 0 Å². The number of hydrogen-bond acceptors (Lipinski definition) is 1. The van der Waals surface area contributed by atoms with Gasteiger partial charge in [-0.15, -0.1) is 18.2 Å². The lowest BCUT2D eigenvalue weighted by Crippen LogP contribution is -2.07. The fourth-order valence-electron chi connectivity index (χ4n) is 0.495. The molecule has 54 valence electrons. The Morgan fingerprint density at radius 1 is 1.78 bits per heavy atom. The molecule has 0 aromatic carbocycles. The molecule has 1 nitrogen and oxygen atoms in total. The van der Waals surface area contributed by atoms with Gasteiger partial charge in [0.1, 0.15) is 0 Å². The molecule has 0 aliphatic rings. The number of rotatable bonds is 5.